The molecule has 2 N–H and O–H groups in total. The summed E-state index contributed by atoms with van der Waals surface area (Å²) >= 11 is 1.91. The van der Waals surface area contributed by atoms with Crippen LogP contribution in [0.3, 0.4) is 0 Å². The topological polar surface area (TPSA) is 35.2 Å². The summed E-state index contributed by atoms with van der Waals surface area (Å²) in [6, 6.07) is 12.9. The Hall–Kier alpha value is -1.45. The van der Waals surface area contributed by atoms with Crippen LogP contribution in [-0.2, 0) is 0 Å². The first-order chi connectivity index (χ1) is 10.1. The number of benzene rings is 2. The van der Waals surface area contributed by atoms with E-state index >= 15 is 0 Å². The highest BCUT2D eigenvalue weighted by Crippen LogP contribution is 2.45. The summed E-state index contributed by atoms with van der Waals surface area (Å²) in [4.78, 5) is 1.38. The number of fused-ring (bicyclic) bond motifs is 1. The van der Waals surface area contributed by atoms with Gasteiger partial charge in [-0.25, -0.2) is 0 Å². The fraction of sp³-hybridized carbons (Fsp3) is 0.333. The molecule has 3 heteroatoms. The molecule has 2 nitrogen and oxygen atoms in total. The van der Waals surface area contributed by atoms with E-state index in [-0.39, 0.29) is 6.04 Å². The molecule has 3 rings (SSSR count). The minimum absolute atomic E-state index is 0.0331. The first-order valence-corrected chi connectivity index (χ1v) is 8.23. The summed E-state index contributed by atoms with van der Waals surface area (Å²) in [6.45, 7) is 4.19. The van der Waals surface area contributed by atoms with Gasteiger partial charge in [-0.1, -0.05) is 24.3 Å². The molecule has 2 aromatic carbocycles. The van der Waals surface area contributed by atoms with Crippen LogP contribution in [0.1, 0.15) is 34.2 Å². The third-order valence-corrected chi connectivity index (χ3v) is 5.52. The van der Waals surface area contributed by atoms with Gasteiger partial charge in [0.05, 0.1) is 7.11 Å². The van der Waals surface area contributed by atoms with Crippen molar-refractivity contribution in [3.05, 3.63) is 58.7 Å². The summed E-state index contributed by atoms with van der Waals surface area (Å²) in [5.41, 5.74) is 11.6. The number of ether oxygens (including phenoxy) is 1. The van der Waals surface area contributed by atoms with E-state index in [0.717, 1.165) is 17.1 Å². The predicted molar refractivity (Wildman–Crippen MR) is 89.3 cm³/mol. The van der Waals surface area contributed by atoms with Crippen molar-refractivity contribution in [3.63, 3.8) is 0 Å². The molecular weight excluding hydrogens is 278 g/mol. The van der Waals surface area contributed by atoms with Crippen LogP contribution >= 0.6 is 11.8 Å². The maximum atomic E-state index is 6.62. The summed E-state index contributed by atoms with van der Waals surface area (Å²) < 4.78 is 5.40. The molecule has 1 heterocycles. The summed E-state index contributed by atoms with van der Waals surface area (Å²) in [6.07, 6.45) is 0. The minimum atomic E-state index is 0.0331. The molecule has 0 aliphatic carbocycles. The molecule has 0 saturated heterocycles. The van der Waals surface area contributed by atoms with Crippen LogP contribution in [0.4, 0.5) is 0 Å². The van der Waals surface area contributed by atoms with Crippen molar-refractivity contribution in [1.82, 2.24) is 0 Å². The SMILES string of the molecule is COc1cc(C)c(C(N)C2CSc3ccccc32)cc1C. The third-order valence-electron chi connectivity index (χ3n) is 4.31. The second kappa shape index (κ2) is 5.74. The van der Waals surface area contributed by atoms with Crippen LogP contribution in [0, 0.1) is 13.8 Å². The Morgan fingerprint density at radius 1 is 1.19 bits per heavy atom. The second-order valence-corrected chi connectivity index (χ2v) is 6.72. The molecule has 0 amide bonds. The van der Waals surface area contributed by atoms with Crippen molar-refractivity contribution in [3.8, 4) is 5.75 Å². The average Bonchev–Trinajstić information content (AvgIpc) is 2.92. The van der Waals surface area contributed by atoms with Crippen molar-refractivity contribution >= 4 is 11.8 Å². The molecule has 2 aromatic rings. The molecule has 1 aliphatic rings. The van der Waals surface area contributed by atoms with Gasteiger partial charge in [0.1, 0.15) is 5.75 Å². The molecule has 0 saturated carbocycles. The van der Waals surface area contributed by atoms with E-state index in [1.165, 1.54) is 21.6 Å². The van der Waals surface area contributed by atoms with Gasteiger partial charge in [0.15, 0.2) is 0 Å². The first kappa shape index (κ1) is 14.5. The van der Waals surface area contributed by atoms with Crippen LogP contribution < -0.4 is 10.5 Å². The number of hydrogen-bond acceptors (Lipinski definition) is 3. The Kier molecular flexibility index (Phi) is 3.96. The Labute approximate surface area is 130 Å². The quantitative estimate of drug-likeness (QED) is 0.922. The molecule has 2 unspecified atom stereocenters. The van der Waals surface area contributed by atoms with Crippen molar-refractivity contribution in [2.75, 3.05) is 12.9 Å². The van der Waals surface area contributed by atoms with E-state index in [2.05, 4.69) is 50.2 Å². The number of thioether (sulfide) groups is 1. The monoisotopic (exact) mass is 299 g/mol. The van der Waals surface area contributed by atoms with Crippen molar-refractivity contribution in [2.24, 2.45) is 5.73 Å². The molecule has 0 fully saturated rings. The largest absolute Gasteiger partial charge is 0.496 e. The van der Waals surface area contributed by atoms with Gasteiger partial charge in [-0.05, 0) is 48.2 Å². The molecule has 2 atom stereocenters. The fourth-order valence-corrected chi connectivity index (χ4v) is 4.40. The van der Waals surface area contributed by atoms with E-state index in [9.17, 15) is 0 Å². The van der Waals surface area contributed by atoms with Crippen LogP contribution in [-0.4, -0.2) is 12.9 Å². The van der Waals surface area contributed by atoms with Gasteiger partial charge in [0.25, 0.3) is 0 Å². The molecule has 1 aliphatic heterocycles. The van der Waals surface area contributed by atoms with Gasteiger partial charge in [-0.15, -0.1) is 11.8 Å². The van der Waals surface area contributed by atoms with E-state index < -0.39 is 0 Å². The van der Waals surface area contributed by atoms with E-state index in [1.54, 1.807) is 7.11 Å². The third kappa shape index (κ3) is 2.56. The maximum Gasteiger partial charge on any atom is 0.122 e. The average molecular weight is 299 g/mol. The lowest BCUT2D eigenvalue weighted by atomic mass is 9.86. The molecule has 21 heavy (non-hydrogen) atoms. The van der Waals surface area contributed by atoms with Crippen molar-refractivity contribution < 1.29 is 4.74 Å². The van der Waals surface area contributed by atoms with Crippen LogP contribution in [0.25, 0.3) is 0 Å². The van der Waals surface area contributed by atoms with Crippen molar-refractivity contribution in [1.29, 1.82) is 0 Å². The number of rotatable bonds is 3. The Bertz CT molecular complexity index is 668. The zero-order valence-electron chi connectivity index (χ0n) is 12.7. The maximum absolute atomic E-state index is 6.62. The lowest BCUT2D eigenvalue weighted by molar-refractivity contribution is 0.411. The van der Waals surface area contributed by atoms with Gasteiger partial charge in [-0.3, -0.25) is 0 Å². The molecule has 0 radical (unpaired) electrons. The van der Waals surface area contributed by atoms with Gasteiger partial charge >= 0.3 is 0 Å². The van der Waals surface area contributed by atoms with Gasteiger partial charge < -0.3 is 10.5 Å². The van der Waals surface area contributed by atoms with E-state index in [1.807, 2.05) is 11.8 Å². The number of aryl methyl sites for hydroxylation is 2. The summed E-state index contributed by atoms with van der Waals surface area (Å²) in [7, 11) is 1.71. The number of nitrogens with two attached hydrogens (primary N) is 1. The van der Waals surface area contributed by atoms with Gasteiger partial charge in [-0.2, -0.15) is 0 Å². The van der Waals surface area contributed by atoms with Crippen LogP contribution in [0.2, 0.25) is 0 Å². The normalized spacial score (nSPS) is 18.4. The molecule has 0 bridgehead atoms. The Balaban J connectivity index is 1.97. The lowest BCUT2D eigenvalue weighted by Crippen LogP contribution is -2.21. The summed E-state index contributed by atoms with van der Waals surface area (Å²) in [5.74, 6) is 2.38. The second-order valence-electron chi connectivity index (χ2n) is 5.66. The standard InChI is InChI=1S/C18H21NOS/c1-11-9-16(20-3)12(2)8-14(11)18(19)15-10-21-17-7-5-4-6-13(15)17/h4-9,15,18H,10,19H2,1-3H3. The van der Waals surface area contributed by atoms with Gasteiger partial charge in [0, 0.05) is 22.6 Å². The highest BCUT2D eigenvalue weighted by atomic mass is 32.2. The zero-order valence-corrected chi connectivity index (χ0v) is 13.5. The predicted octanol–water partition coefficient (Wildman–Crippen LogP) is 4.20. The Morgan fingerprint density at radius 3 is 2.71 bits per heavy atom. The van der Waals surface area contributed by atoms with Crippen molar-refractivity contribution in [2.45, 2.75) is 30.7 Å². The minimum Gasteiger partial charge on any atom is -0.496 e. The number of hydrogen-bond donors (Lipinski definition) is 1. The van der Waals surface area contributed by atoms with E-state index in [4.69, 9.17) is 10.5 Å². The fourth-order valence-electron chi connectivity index (χ4n) is 3.09. The Morgan fingerprint density at radius 2 is 1.95 bits per heavy atom. The highest BCUT2D eigenvalue weighted by Gasteiger charge is 2.29. The number of methoxy groups -OCH3 is 1. The smallest absolute Gasteiger partial charge is 0.122 e. The summed E-state index contributed by atoms with van der Waals surface area (Å²) in [5, 5.41) is 0. The first-order valence-electron chi connectivity index (χ1n) is 7.24. The van der Waals surface area contributed by atoms with Crippen LogP contribution in [0.5, 0.6) is 5.75 Å². The van der Waals surface area contributed by atoms with Crippen LogP contribution in [0.15, 0.2) is 41.3 Å². The molecule has 110 valence electrons. The van der Waals surface area contributed by atoms with Gasteiger partial charge in [0.2, 0.25) is 0 Å². The lowest BCUT2D eigenvalue weighted by Gasteiger charge is -2.23. The molecule has 0 aromatic heterocycles. The molecule has 0 spiro atoms. The molecular formula is C18H21NOS. The van der Waals surface area contributed by atoms with E-state index in [0.29, 0.717) is 5.92 Å². The highest BCUT2D eigenvalue weighted by molar-refractivity contribution is 7.99. The zero-order chi connectivity index (χ0) is 15.0.